The maximum Gasteiger partial charge on any atom is 0.300 e. The van der Waals surface area contributed by atoms with Gasteiger partial charge in [-0.15, -0.1) is 0 Å². The van der Waals surface area contributed by atoms with Crippen molar-refractivity contribution in [1.82, 2.24) is 19.7 Å². The van der Waals surface area contributed by atoms with Crippen LogP contribution in [0.25, 0.3) is 0 Å². The van der Waals surface area contributed by atoms with E-state index in [-0.39, 0.29) is 48.0 Å². The van der Waals surface area contributed by atoms with E-state index < -0.39 is 10.2 Å². The molecular weight excluding hydrogens is 462 g/mol. The van der Waals surface area contributed by atoms with Crippen molar-refractivity contribution in [3.8, 4) is 23.1 Å². The van der Waals surface area contributed by atoms with E-state index in [9.17, 15) is 8.42 Å². The zero-order valence-electron chi connectivity index (χ0n) is 16.9. The van der Waals surface area contributed by atoms with Crippen LogP contribution < -0.4 is 23.7 Å². The van der Waals surface area contributed by atoms with Gasteiger partial charge in [0.1, 0.15) is 24.4 Å². The van der Waals surface area contributed by atoms with Crippen molar-refractivity contribution >= 4 is 27.6 Å². The van der Waals surface area contributed by atoms with Gasteiger partial charge in [-0.05, 0) is 24.3 Å². The van der Waals surface area contributed by atoms with Gasteiger partial charge in [-0.1, -0.05) is 17.7 Å². The van der Waals surface area contributed by atoms with Gasteiger partial charge >= 0.3 is 10.2 Å². The van der Waals surface area contributed by atoms with E-state index in [0.717, 1.165) is 6.33 Å². The van der Waals surface area contributed by atoms with Crippen LogP contribution in [0.3, 0.4) is 0 Å². The summed E-state index contributed by atoms with van der Waals surface area (Å²) in [7, 11) is -2.61. The standard InChI is InChI=1S/C19H20ClN5O6S/c1-29-14-5-6-15(20)16(10-14)31-17-18(22-12-23-19(17)30-9-8-26)25-32(27,28)24-11-13-4-2-3-7-21-13/h2-7,10,12,24,26H,8-9,11H2,1H3,(H,22,23,25). The van der Waals surface area contributed by atoms with Gasteiger partial charge in [-0.3, -0.25) is 9.71 Å². The summed E-state index contributed by atoms with van der Waals surface area (Å²) in [6.45, 7) is -0.452. The maximum atomic E-state index is 12.6. The molecule has 0 fully saturated rings. The number of aliphatic hydroxyl groups excluding tert-OH is 1. The van der Waals surface area contributed by atoms with Gasteiger partial charge in [0, 0.05) is 12.3 Å². The molecule has 2 aromatic heterocycles. The molecule has 3 N–H and O–H groups in total. The first-order valence-corrected chi connectivity index (χ1v) is 11.1. The third kappa shape index (κ3) is 6.40. The number of anilines is 1. The fourth-order valence-electron chi connectivity index (χ4n) is 2.40. The predicted octanol–water partition coefficient (Wildman–Crippen LogP) is 2.14. The average molecular weight is 482 g/mol. The van der Waals surface area contributed by atoms with Crippen molar-refractivity contribution in [1.29, 1.82) is 0 Å². The van der Waals surface area contributed by atoms with E-state index in [2.05, 4.69) is 24.4 Å². The molecule has 11 nitrogen and oxygen atoms in total. The minimum absolute atomic E-state index is 0.0486. The lowest BCUT2D eigenvalue weighted by atomic mass is 10.3. The topological polar surface area (TPSA) is 145 Å². The largest absolute Gasteiger partial charge is 0.497 e. The lowest BCUT2D eigenvalue weighted by Crippen LogP contribution is -2.30. The lowest BCUT2D eigenvalue weighted by molar-refractivity contribution is 0.192. The molecule has 2 heterocycles. The molecule has 32 heavy (non-hydrogen) atoms. The van der Waals surface area contributed by atoms with E-state index >= 15 is 0 Å². The highest BCUT2D eigenvalue weighted by Gasteiger charge is 2.22. The molecule has 1 aromatic carbocycles. The van der Waals surface area contributed by atoms with E-state index in [0.29, 0.717) is 11.4 Å². The highest BCUT2D eigenvalue weighted by atomic mass is 35.5. The summed E-state index contributed by atoms with van der Waals surface area (Å²) >= 11 is 6.20. The SMILES string of the molecule is COc1ccc(Cl)c(Oc2c(NS(=O)(=O)NCc3ccccn3)ncnc2OCCO)c1. The van der Waals surface area contributed by atoms with Gasteiger partial charge in [-0.25, -0.2) is 4.98 Å². The molecular formula is C19H20ClN5O6S. The molecule has 0 atom stereocenters. The molecule has 0 aliphatic carbocycles. The summed E-state index contributed by atoms with van der Waals surface area (Å²) in [5, 5.41) is 9.31. The second kappa shape index (κ2) is 10.9. The normalized spacial score (nSPS) is 11.1. The molecule has 3 rings (SSSR count). The van der Waals surface area contributed by atoms with Crippen LogP contribution in [0.4, 0.5) is 5.82 Å². The number of nitrogens with zero attached hydrogens (tertiary/aromatic N) is 3. The first kappa shape index (κ1) is 23.5. The van der Waals surface area contributed by atoms with Gasteiger partial charge in [0.15, 0.2) is 5.82 Å². The Morgan fingerprint density at radius 1 is 1.16 bits per heavy atom. The van der Waals surface area contributed by atoms with Crippen LogP contribution in [0.15, 0.2) is 48.9 Å². The Kier molecular flexibility index (Phi) is 8.00. The van der Waals surface area contributed by atoms with Crippen LogP contribution in [0.2, 0.25) is 5.02 Å². The lowest BCUT2D eigenvalue weighted by Gasteiger charge is -2.16. The summed E-state index contributed by atoms with van der Waals surface area (Å²) in [4.78, 5) is 12.0. The zero-order valence-corrected chi connectivity index (χ0v) is 18.4. The fraction of sp³-hybridized carbons (Fsp3) is 0.211. The number of nitrogens with one attached hydrogen (secondary N) is 2. The summed E-state index contributed by atoms with van der Waals surface area (Å²) in [5.74, 6) is 0.143. The Morgan fingerprint density at radius 2 is 2.00 bits per heavy atom. The van der Waals surface area contributed by atoms with Crippen LogP contribution in [0.1, 0.15) is 5.69 Å². The molecule has 0 aliphatic heterocycles. The molecule has 0 saturated heterocycles. The fourth-order valence-corrected chi connectivity index (χ4v) is 3.37. The zero-order chi connectivity index (χ0) is 23.0. The molecule has 0 aliphatic rings. The number of methoxy groups -OCH3 is 1. The van der Waals surface area contributed by atoms with Gasteiger partial charge in [0.2, 0.25) is 5.75 Å². The molecule has 13 heteroatoms. The number of halogens is 1. The average Bonchev–Trinajstić information content (AvgIpc) is 2.79. The van der Waals surface area contributed by atoms with Gasteiger partial charge < -0.3 is 19.3 Å². The van der Waals surface area contributed by atoms with E-state index in [1.807, 2.05) is 0 Å². The highest BCUT2D eigenvalue weighted by molar-refractivity contribution is 7.90. The number of pyridine rings is 1. The summed E-state index contributed by atoms with van der Waals surface area (Å²) in [5.41, 5.74) is 0.521. The number of hydrogen-bond acceptors (Lipinski definition) is 9. The minimum atomic E-state index is -4.08. The number of hydrogen-bond donors (Lipinski definition) is 3. The molecule has 0 unspecified atom stereocenters. The van der Waals surface area contributed by atoms with Gasteiger partial charge in [-0.2, -0.15) is 18.1 Å². The van der Waals surface area contributed by atoms with E-state index in [4.69, 9.17) is 30.9 Å². The van der Waals surface area contributed by atoms with Crippen molar-refractivity contribution in [2.45, 2.75) is 6.54 Å². The van der Waals surface area contributed by atoms with E-state index in [1.54, 1.807) is 36.5 Å². The molecule has 0 bridgehead atoms. The molecule has 0 spiro atoms. The predicted molar refractivity (Wildman–Crippen MR) is 116 cm³/mol. The summed E-state index contributed by atoms with van der Waals surface area (Å²) < 4.78 is 46.1. The van der Waals surface area contributed by atoms with Crippen molar-refractivity contribution in [3.63, 3.8) is 0 Å². The Bertz CT molecular complexity index is 1150. The number of rotatable bonds is 11. The molecule has 0 radical (unpaired) electrons. The Morgan fingerprint density at radius 3 is 2.72 bits per heavy atom. The number of aliphatic hydroxyl groups is 1. The highest BCUT2D eigenvalue weighted by Crippen LogP contribution is 2.39. The Labute approximate surface area is 189 Å². The smallest absolute Gasteiger partial charge is 0.300 e. The quantitative estimate of drug-likeness (QED) is 0.375. The number of benzene rings is 1. The van der Waals surface area contributed by atoms with Crippen molar-refractivity contribution < 1.29 is 27.7 Å². The molecule has 0 saturated carbocycles. The minimum Gasteiger partial charge on any atom is -0.497 e. The van der Waals surface area contributed by atoms with Gasteiger partial charge in [0.05, 0.1) is 31.0 Å². The van der Waals surface area contributed by atoms with Gasteiger partial charge in [0.25, 0.3) is 5.88 Å². The van der Waals surface area contributed by atoms with E-state index in [1.165, 1.54) is 13.2 Å². The molecule has 0 amide bonds. The van der Waals surface area contributed by atoms with Crippen LogP contribution in [0.5, 0.6) is 23.1 Å². The van der Waals surface area contributed by atoms with Crippen LogP contribution >= 0.6 is 11.6 Å². The first-order chi connectivity index (χ1) is 15.4. The Hall–Kier alpha value is -3.19. The third-order valence-corrected chi connectivity index (χ3v) is 5.15. The van der Waals surface area contributed by atoms with Crippen LogP contribution in [-0.4, -0.2) is 48.8 Å². The molecule has 3 aromatic rings. The first-order valence-electron chi connectivity index (χ1n) is 9.19. The van der Waals surface area contributed by atoms with Crippen molar-refractivity contribution in [2.24, 2.45) is 0 Å². The maximum absolute atomic E-state index is 12.6. The second-order valence-electron chi connectivity index (χ2n) is 6.07. The summed E-state index contributed by atoms with van der Waals surface area (Å²) in [6.07, 6.45) is 2.64. The third-order valence-electron chi connectivity index (χ3n) is 3.85. The monoisotopic (exact) mass is 481 g/mol. The van der Waals surface area contributed by atoms with Crippen LogP contribution in [-0.2, 0) is 16.8 Å². The molecule has 170 valence electrons. The second-order valence-corrected chi connectivity index (χ2v) is 7.98. The van der Waals surface area contributed by atoms with Crippen molar-refractivity contribution in [2.75, 3.05) is 25.0 Å². The number of aromatic nitrogens is 3. The Balaban J connectivity index is 1.89. The van der Waals surface area contributed by atoms with Crippen LogP contribution in [0, 0.1) is 0 Å². The summed E-state index contributed by atoms with van der Waals surface area (Å²) in [6, 6.07) is 9.81. The number of ether oxygens (including phenoxy) is 3. The van der Waals surface area contributed by atoms with Crippen molar-refractivity contribution in [3.05, 3.63) is 59.6 Å².